The van der Waals surface area contributed by atoms with Crippen LogP contribution in [-0.2, 0) is 25.5 Å². The van der Waals surface area contributed by atoms with E-state index in [4.69, 9.17) is 9.47 Å². The zero-order valence-corrected chi connectivity index (χ0v) is 23.6. The van der Waals surface area contributed by atoms with Crippen LogP contribution in [0.3, 0.4) is 0 Å². The number of carbonyl (C=O) groups excluding carboxylic acids is 3. The molecule has 10 heteroatoms. The van der Waals surface area contributed by atoms with Crippen LogP contribution < -0.4 is 5.32 Å². The predicted octanol–water partition coefficient (Wildman–Crippen LogP) is 3.86. The number of aromatic amines is 1. The van der Waals surface area contributed by atoms with E-state index < -0.39 is 35.8 Å². The first kappa shape index (κ1) is 29.4. The molecule has 0 bridgehead atoms. The molecule has 5 atom stereocenters. The number of H-pyrrole nitrogens is 1. The normalized spacial score (nSPS) is 20.2. The second-order valence-corrected chi connectivity index (χ2v) is 11.3. The van der Waals surface area contributed by atoms with Crippen molar-refractivity contribution >= 4 is 28.8 Å². The average molecular weight is 533 g/mol. The fourth-order valence-corrected chi connectivity index (χ4v) is 4.78. The number of likely N-dealkylation sites (N-methyl/N-ethyl adjacent to an activating group) is 1. The maximum absolute atomic E-state index is 13.9. The zero-order valence-electron chi connectivity index (χ0n) is 23.6. The maximum Gasteiger partial charge on any atom is 0.410 e. The van der Waals surface area contributed by atoms with Gasteiger partial charge >= 0.3 is 6.09 Å². The lowest BCUT2D eigenvalue weighted by Gasteiger charge is -2.34. The molecule has 1 saturated heterocycles. The van der Waals surface area contributed by atoms with Crippen molar-refractivity contribution in [2.75, 3.05) is 20.7 Å². The first-order valence-electron chi connectivity index (χ1n) is 13.1. The van der Waals surface area contributed by atoms with E-state index in [0.717, 1.165) is 17.4 Å². The second-order valence-electron chi connectivity index (χ2n) is 11.3. The van der Waals surface area contributed by atoms with Gasteiger partial charge in [0, 0.05) is 43.8 Å². The Hall–Kier alpha value is -3.14. The third-order valence-electron chi connectivity index (χ3n) is 7.37. The van der Waals surface area contributed by atoms with Gasteiger partial charge in [0.1, 0.15) is 23.5 Å². The fraction of sp³-hybridized carbons (Fsp3) is 0.607. The predicted molar refractivity (Wildman–Crippen MR) is 143 cm³/mol. The lowest BCUT2D eigenvalue weighted by atomic mass is 9.95. The molecule has 0 radical (unpaired) electrons. The topological polar surface area (TPSA) is 104 Å². The van der Waals surface area contributed by atoms with E-state index in [0.29, 0.717) is 18.5 Å². The molecule has 1 aromatic carbocycles. The van der Waals surface area contributed by atoms with Gasteiger partial charge in [0.2, 0.25) is 11.8 Å². The molecule has 38 heavy (non-hydrogen) atoms. The highest BCUT2D eigenvalue weighted by Crippen LogP contribution is 2.30. The number of amides is 3. The number of carbonyl (C=O) groups is 3. The summed E-state index contributed by atoms with van der Waals surface area (Å²) in [6.07, 6.45) is 2.06. The van der Waals surface area contributed by atoms with E-state index in [2.05, 4.69) is 17.2 Å². The zero-order chi connectivity index (χ0) is 28.4. The Labute approximate surface area is 224 Å². The molecule has 0 aliphatic carbocycles. The van der Waals surface area contributed by atoms with Gasteiger partial charge in [0.05, 0.1) is 6.10 Å². The molecule has 0 saturated carbocycles. The van der Waals surface area contributed by atoms with Crippen LogP contribution in [0.2, 0.25) is 0 Å². The Morgan fingerprint density at radius 2 is 1.95 bits per heavy atom. The summed E-state index contributed by atoms with van der Waals surface area (Å²) in [5.41, 5.74) is 1.01. The van der Waals surface area contributed by atoms with Crippen LogP contribution >= 0.6 is 0 Å². The SMILES string of the molecule is CO[C@H](C)[C@H](NC(=O)[C@H](C)N(C)C(=O)OC(C)(C)C)C(=O)N1CC[C@H](C)[C@H]1Cc1c[nH]c2cc(F)ccc12. The number of nitrogens with one attached hydrogen (secondary N) is 2. The molecule has 3 rings (SSSR count). The van der Waals surface area contributed by atoms with Crippen LogP contribution in [-0.4, -0.2) is 83.2 Å². The van der Waals surface area contributed by atoms with E-state index in [-0.39, 0.29) is 23.7 Å². The second kappa shape index (κ2) is 11.7. The van der Waals surface area contributed by atoms with Gasteiger partial charge in [-0.2, -0.15) is 0 Å². The highest BCUT2D eigenvalue weighted by atomic mass is 19.1. The number of nitrogens with zero attached hydrogens (tertiary/aromatic N) is 2. The van der Waals surface area contributed by atoms with Crippen LogP contribution in [0.4, 0.5) is 9.18 Å². The number of hydrogen-bond donors (Lipinski definition) is 2. The molecule has 1 aromatic heterocycles. The van der Waals surface area contributed by atoms with Gasteiger partial charge in [-0.1, -0.05) is 6.92 Å². The Balaban J connectivity index is 1.77. The number of halogens is 1. The third-order valence-corrected chi connectivity index (χ3v) is 7.37. The lowest BCUT2D eigenvalue weighted by molar-refractivity contribution is -0.142. The molecule has 0 unspecified atom stereocenters. The average Bonchev–Trinajstić information content (AvgIpc) is 3.42. The van der Waals surface area contributed by atoms with Crippen LogP contribution in [0.25, 0.3) is 10.9 Å². The third kappa shape index (κ3) is 6.64. The first-order valence-corrected chi connectivity index (χ1v) is 13.1. The Bertz CT molecular complexity index is 1160. The number of hydrogen-bond acceptors (Lipinski definition) is 5. The van der Waals surface area contributed by atoms with Crippen molar-refractivity contribution < 1.29 is 28.2 Å². The molecule has 1 aliphatic heterocycles. The number of rotatable bonds is 8. The summed E-state index contributed by atoms with van der Waals surface area (Å²) >= 11 is 0. The Kier molecular flexibility index (Phi) is 9.07. The summed E-state index contributed by atoms with van der Waals surface area (Å²) in [4.78, 5) is 45.6. The van der Waals surface area contributed by atoms with Crippen molar-refractivity contribution in [2.24, 2.45) is 5.92 Å². The van der Waals surface area contributed by atoms with Crippen molar-refractivity contribution in [1.29, 1.82) is 0 Å². The van der Waals surface area contributed by atoms with Crippen LogP contribution in [0.15, 0.2) is 24.4 Å². The molecule has 1 fully saturated rings. The summed E-state index contributed by atoms with van der Waals surface area (Å²) in [6, 6.07) is 2.73. The molecule has 2 heterocycles. The quantitative estimate of drug-likeness (QED) is 0.537. The number of methoxy groups -OCH3 is 1. The molecular weight excluding hydrogens is 491 g/mol. The summed E-state index contributed by atoms with van der Waals surface area (Å²) < 4.78 is 24.5. The smallest absolute Gasteiger partial charge is 0.410 e. The molecule has 9 nitrogen and oxygen atoms in total. The summed E-state index contributed by atoms with van der Waals surface area (Å²) in [6.45, 7) is 11.2. The van der Waals surface area contributed by atoms with E-state index in [1.54, 1.807) is 40.7 Å². The van der Waals surface area contributed by atoms with Gasteiger partial charge in [-0.3, -0.25) is 14.5 Å². The van der Waals surface area contributed by atoms with Crippen molar-refractivity contribution in [1.82, 2.24) is 20.1 Å². The molecule has 210 valence electrons. The summed E-state index contributed by atoms with van der Waals surface area (Å²) in [7, 11) is 2.97. The number of benzene rings is 1. The monoisotopic (exact) mass is 532 g/mol. The first-order chi connectivity index (χ1) is 17.7. The Morgan fingerprint density at radius 1 is 1.26 bits per heavy atom. The largest absolute Gasteiger partial charge is 0.444 e. The summed E-state index contributed by atoms with van der Waals surface area (Å²) in [5, 5.41) is 3.74. The van der Waals surface area contributed by atoms with Crippen LogP contribution in [0.1, 0.15) is 53.5 Å². The maximum atomic E-state index is 13.9. The van der Waals surface area contributed by atoms with Crippen LogP contribution in [0.5, 0.6) is 0 Å². The van der Waals surface area contributed by atoms with E-state index in [9.17, 15) is 18.8 Å². The number of fused-ring (bicyclic) bond motifs is 1. The standard InChI is InChI=1S/C28H41FN4O5/c1-16-11-12-33(23(16)13-19-15-30-22-14-20(29)9-10-21(19)22)26(35)24(18(3)37-8)31-25(34)17(2)32(7)27(36)38-28(4,5)6/h9-10,14-18,23-24,30H,11-13H2,1-8H3,(H,31,34)/t16-,17-,18+,23+,24-/m0/s1. The molecule has 0 spiro atoms. The molecule has 2 N–H and O–H groups in total. The number of ether oxygens (including phenoxy) is 2. The van der Waals surface area contributed by atoms with Gasteiger partial charge in [-0.05, 0) is 77.1 Å². The molecule has 2 aromatic rings. The molecule has 1 aliphatic rings. The van der Waals surface area contributed by atoms with Crippen molar-refractivity contribution in [2.45, 2.75) is 84.2 Å². The van der Waals surface area contributed by atoms with Crippen molar-refractivity contribution in [3.8, 4) is 0 Å². The van der Waals surface area contributed by atoms with E-state index >= 15 is 0 Å². The molecule has 3 amide bonds. The minimum Gasteiger partial charge on any atom is -0.444 e. The number of likely N-dealkylation sites (tertiary alicyclic amines) is 1. The van der Waals surface area contributed by atoms with Gasteiger partial charge in [-0.15, -0.1) is 0 Å². The lowest BCUT2D eigenvalue weighted by Crippen LogP contribution is -2.59. The highest BCUT2D eigenvalue weighted by molar-refractivity contribution is 5.92. The highest BCUT2D eigenvalue weighted by Gasteiger charge is 2.41. The van der Waals surface area contributed by atoms with Crippen LogP contribution in [0, 0.1) is 11.7 Å². The van der Waals surface area contributed by atoms with E-state index in [1.807, 2.05) is 11.1 Å². The van der Waals surface area contributed by atoms with Crippen molar-refractivity contribution in [3.05, 3.63) is 35.8 Å². The van der Waals surface area contributed by atoms with Crippen molar-refractivity contribution in [3.63, 3.8) is 0 Å². The number of aromatic nitrogens is 1. The molecular formula is C28H41FN4O5. The van der Waals surface area contributed by atoms with Gasteiger partial charge in [-0.25, -0.2) is 9.18 Å². The Morgan fingerprint density at radius 3 is 2.58 bits per heavy atom. The van der Waals surface area contributed by atoms with Gasteiger partial charge < -0.3 is 24.7 Å². The van der Waals surface area contributed by atoms with E-state index in [1.165, 1.54) is 31.2 Å². The minimum absolute atomic E-state index is 0.100. The fourth-order valence-electron chi connectivity index (χ4n) is 4.78. The van der Waals surface area contributed by atoms with Gasteiger partial charge in [0.15, 0.2) is 0 Å². The van der Waals surface area contributed by atoms with Gasteiger partial charge in [0.25, 0.3) is 0 Å². The minimum atomic E-state index is -0.938. The summed E-state index contributed by atoms with van der Waals surface area (Å²) in [5.74, 6) is -0.797.